The Morgan fingerprint density at radius 2 is 1.55 bits per heavy atom. The van der Waals surface area contributed by atoms with E-state index < -0.39 is 10.0 Å². The van der Waals surface area contributed by atoms with Gasteiger partial charge in [-0.25, -0.2) is 23.4 Å². The SMILES string of the molecule is CC(C)n1cnc(S(=O)(=O)N2CCN(c3cc(N4CCOCC4)ncn3)CC2)c1. The standard InChI is InChI=1S/C18H27N7O3S/c1-15(2)24-12-18(21-14-24)29(26,27)25-5-3-22(4-6-25)16-11-17(20-13-19-16)23-7-9-28-10-8-23/h11-15H,3-10H2,1-2H3. The molecular weight excluding hydrogens is 394 g/mol. The summed E-state index contributed by atoms with van der Waals surface area (Å²) in [5.41, 5.74) is 0. The highest BCUT2D eigenvalue weighted by atomic mass is 32.2. The molecule has 0 radical (unpaired) electrons. The van der Waals surface area contributed by atoms with E-state index in [9.17, 15) is 8.42 Å². The van der Waals surface area contributed by atoms with Gasteiger partial charge in [-0.05, 0) is 13.8 Å². The molecule has 29 heavy (non-hydrogen) atoms. The van der Waals surface area contributed by atoms with Crippen LogP contribution in [0.15, 0.2) is 29.9 Å². The fourth-order valence-electron chi connectivity index (χ4n) is 3.50. The van der Waals surface area contributed by atoms with E-state index in [0.717, 1.165) is 24.7 Å². The minimum atomic E-state index is -3.59. The zero-order chi connectivity index (χ0) is 20.4. The average molecular weight is 422 g/mol. The topological polar surface area (TPSA) is 96.7 Å². The van der Waals surface area contributed by atoms with E-state index in [-0.39, 0.29) is 11.1 Å². The van der Waals surface area contributed by atoms with E-state index in [1.54, 1.807) is 23.4 Å². The van der Waals surface area contributed by atoms with E-state index in [2.05, 4.69) is 24.8 Å². The first kappa shape index (κ1) is 20.0. The Hall–Kier alpha value is -2.24. The Morgan fingerprint density at radius 3 is 2.14 bits per heavy atom. The number of hydrogen-bond acceptors (Lipinski definition) is 8. The summed E-state index contributed by atoms with van der Waals surface area (Å²) in [6.45, 7) is 8.93. The van der Waals surface area contributed by atoms with Crippen molar-refractivity contribution in [2.75, 3.05) is 62.3 Å². The second-order valence-corrected chi connectivity index (χ2v) is 9.36. The Bertz CT molecular complexity index is 932. The predicted molar refractivity (Wildman–Crippen MR) is 109 cm³/mol. The van der Waals surface area contributed by atoms with Crippen molar-refractivity contribution in [1.82, 2.24) is 23.8 Å². The van der Waals surface area contributed by atoms with Gasteiger partial charge < -0.3 is 19.1 Å². The van der Waals surface area contributed by atoms with Crippen molar-refractivity contribution in [3.05, 3.63) is 24.9 Å². The van der Waals surface area contributed by atoms with Gasteiger partial charge in [0.15, 0.2) is 5.03 Å². The first-order valence-electron chi connectivity index (χ1n) is 9.88. The number of rotatable bonds is 5. The van der Waals surface area contributed by atoms with Gasteiger partial charge >= 0.3 is 0 Å². The third kappa shape index (κ3) is 4.21. The maximum atomic E-state index is 12.9. The second-order valence-electron chi connectivity index (χ2n) is 7.48. The number of sulfonamides is 1. The lowest BCUT2D eigenvalue weighted by Gasteiger charge is -2.35. The molecule has 0 saturated carbocycles. The minimum absolute atomic E-state index is 0.108. The molecule has 4 heterocycles. The molecule has 2 aromatic rings. The Morgan fingerprint density at radius 1 is 0.931 bits per heavy atom. The molecule has 0 spiro atoms. The lowest BCUT2D eigenvalue weighted by Crippen LogP contribution is -2.49. The summed E-state index contributed by atoms with van der Waals surface area (Å²) in [6.07, 6.45) is 4.75. The first-order chi connectivity index (χ1) is 13.9. The molecule has 0 aliphatic carbocycles. The third-order valence-corrected chi connectivity index (χ3v) is 7.10. The number of anilines is 2. The monoisotopic (exact) mass is 421 g/mol. The highest BCUT2D eigenvalue weighted by Crippen LogP contribution is 2.22. The summed E-state index contributed by atoms with van der Waals surface area (Å²) in [5.74, 6) is 1.70. The third-order valence-electron chi connectivity index (χ3n) is 5.31. The molecule has 11 heteroatoms. The zero-order valence-electron chi connectivity index (χ0n) is 16.8. The van der Waals surface area contributed by atoms with Gasteiger partial charge in [0.1, 0.15) is 18.0 Å². The van der Waals surface area contributed by atoms with Crippen LogP contribution in [-0.4, -0.2) is 84.7 Å². The van der Waals surface area contributed by atoms with E-state index in [1.807, 2.05) is 19.9 Å². The van der Waals surface area contributed by atoms with E-state index in [0.29, 0.717) is 39.4 Å². The molecule has 158 valence electrons. The van der Waals surface area contributed by atoms with Crippen LogP contribution < -0.4 is 9.80 Å². The van der Waals surface area contributed by atoms with Crippen molar-refractivity contribution in [2.24, 2.45) is 0 Å². The summed E-state index contributed by atoms with van der Waals surface area (Å²) in [7, 11) is -3.59. The highest BCUT2D eigenvalue weighted by Gasteiger charge is 2.31. The molecule has 2 saturated heterocycles. The molecule has 0 unspecified atom stereocenters. The van der Waals surface area contributed by atoms with Crippen molar-refractivity contribution in [2.45, 2.75) is 24.9 Å². The number of piperazine rings is 1. The van der Waals surface area contributed by atoms with Gasteiger partial charge in [-0.3, -0.25) is 0 Å². The average Bonchev–Trinajstić information content (AvgIpc) is 3.26. The summed E-state index contributed by atoms with van der Waals surface area (Å²) >= 11 is 0. The Kier molecular flexibility index (Phi) is 5.70. The van der Waals surface area contributed by atoms with Gasteiger partial charge in [0, 0.05) is 57.6 Å². The largest absolute Gasteiger partial charge is 0.378 e. The van der Waals surface area contributed by atoms with Crippen LogP contribution >= 0.6 is 0 Å². The van der Waals surface area contributed by atoms with E-state index in [1.165, 1.54) is 4.31 Å². The molecule has 2 aliphatic rings. The van der Waals surface area contributed by atoms with Gasteiger partial charge in [0.25, 0.3) is 10.0 Å². The fraction of sp³-hybridized carbons (Fsp3) is 0.611. The van der Waals surface area contributed by atoms with E-state index in [4.69, 9.17) is 4.74 Å². The number of nitrogens with zero attached hydrogens (tertiary/aromatic N) is 7. The van der Waals surface area contributed by atoms with Gasteiger partial charge in [0.05, 0.1) is 19.5 Å². The first-order valence-corrected chi connectivity index (χ1v) is 11.3. The van der Waals surface area contributed by atoms with Crippen molar-refractivity contribution in [1.29, 1.82) is 0 Å². The molecule has 10 nitrogen and oxygen atoms in total. The maximum absolute atomic E-state index is 12.9. The summed E-state index contributed by atoms with van der Waals surface area (Å²) in [4.78, 5) is 17.2. The van der Waals surface area contributed by atoms with Crippen molar-refractivity contribution < 1.29 is 13.2 Å². The van der Waals surface area contributed by atoms with Crippen molar-refractivity contribution in [3.63, 3.8) is 0 Å². The van der Waals surface area contributed by atoms with Crippen LogP contribution in [0.3, 0.4) is 0 Å². The molecular formula is C18H27N7O3S. The number of hydrogen-bond donors (Lipinski definition) is 0. The summed E-state index contributed by atoms with van der Waals surface area (Å²) in [5, 5.41) is 0.108. The van der Waals surface area contributed by atoms with Crippen LogP contribution in [0.4, 0.5) is 11.6 Å². The number of aromatic nitrogens is 4. The van der Waals surface area contributed by atoms with Crippen LogP contribution in [0, 0.1) is 0 Å². The van der Waals surface area contributed by atoms with E-state index >= 15 is 0 Å². The molecule has 2 aliphatic heterocycles. The Labute approximate surface area is 171 Å². The molecule has 0 amide bonds. The number of imidazole rings is 1. The lowest BCUT2D eigenvalue weighted by molar-refractivity contribution is 0.122. The molecule has 0 N–H and O–H groups in total. The van der Waals surface area contributed by atoms with Crippen LogP contribution in [0.25, 0.3) is 0 Å². The molecule has 4 rings (SSSR count). The fourth-order valence-corrected chi connectivity index (χ4v) is 4.84. The van der Waals surface area contributed by atoms with Crippen LogP contribution in [-0.2, 0) is 14.8 Å². The van der Waals surface area contributed by atoms with Crippen LogP contribution in [0.2, 0.25) is 0 Å². The zero-order valence-corrected chi connectivity index (χ0v) is 17.6. The lowest BCUT2D eigenvalue weighted by atomic mass is 10.3. The molecule has 0 aromatic carbocycles. The minimum Gasteiger partial charge on any atom is -0.378 e. The molecule has 2 fully saturated rings. The molecule has 0 bridgehead atoms. The van der Waals surface area contributed by atoms with Gasteiger partial charge in [0.2, 0.25) is 0 Å². The number of ether oxygens (including phenoxy) is 1. The number of morpholine rings is 1. The normalized spacial score (nSPS) is 19.1. The van der Waals surface area contributed by atoms with Gasteiger partial charge in [-0.2, -0.15) is 4.31 Å². The Balaban J connectivity index is 1.42. The highest BCUT2D eigenvalue weighted by molar-refractivity contribution is 7.89. The van der Waals surface area contributed by atoms with Crippen molar-refractivity contribution in [3.8, 4) is 0 Å². The van der Waals surface area contributed by atoms with Crippen LogP contribution in [0.5, 0.6) is 0 Å². The second kappa shape index (κ2) is 8.25. The van der Waals surface area contributed by atoms with Crippen LogP contribution in [0.1, 0.15) is 19.9 Å². The van der Waals surface area contributed by atoms with Gasteiger partial charge in [-0.1, -0.05) is 0 Å². The summed E-state index contributed by atoms with van der Waals surface area (Å²) < 4.78 is 34.5. The maximum Gasteiger partial charge on any atom is 0.262 e. The van der Waals surface area contributed by atoms with Crippen molar-refractivity contribution >= 4 is 21.7 Å². The quantitative estimate of drug-likeness (QED) is 0.693. The molecule has 2 aromatic heterocycles. The summed E-state index contributed by atoms with van der Waals surface area (Å²) in [6, 6.07) is 2.14. The predicted octanol–water partition coefficient (Wildman–Crippen LogP) is 0.602. The smallest absolute Gasteiger partial charge is 0.262 e. The molecule has 0 atom stereocenters. The van der Waals surface area contributed by atoms with Gasteiger partial charge in [-0.15, -0.1) is 0 Å².